The lowest BCUT2D eigenvalue weighted by Crippen LogP contribution is -2.70. The molecule has 0 fully saturated rings. The molecule has 5 atom stereocenters. The van der Waals surface area contributed by atoms with E-state index in [1.807, 2.05) is 88.4 Å². The van der Waals surface area contributed by atoms with E-state index in [1.165, 1.54) is 4.90 Å². The largest absolute Gasteiger partial charge is 0.393 e. The monoisotopic (exact) mass is 608 g/mol. The number of nitrogens with zero attached hydrogens (tertiary/aromatic N) is 2. The van der Waals surface area contributed by atoms with E-state index in [4.69, 9.17) is 0 Å². The molecule has 0 heterocycles. The standard InChI is InChI=1S/C36H54N3O5/c1-25(2)31(37-7)34(44)39(9)32(26(3)4)33(43)36(24-40,38(8)23-30(42)21-28-18-14-11-15-19-28)35(5,6)22-29(41)20-27-16-12-10-13-17-27/h10-19,25-26,29-32,37,41-42H,20-23H2,1-9H3/t29?,30?,31-,32-,36-/m0/s1. The predicted molar refractivity (Wildman–Crippen MR) is 176 cm³/mol. The lowest BCUT2D eigenvalue weighted by Gasteiger charge is -2.50. The van der Waals surface area contributed by atoms with E-state index < -0.39 is 41.0 Å². The predicted octanol–water partition coefficient (Wildman–Crippen LogP) is 3.69. The number of likely N-dealkylation sites (N-methyl/N-ethyl adjacent to an activating group) is 3. The van der Waals surface area contributed by atoms with Crippen LogP contribution in [0.2, 0.25) is 0 Å². The molecular weight excluding hydrogens is 554 g/mol. The zero-order chi connectivity index (χ0) is 33.2. The molecule has 44 heavy (non-hydrogen) atoms. The van der Waals surface area contributed by atoms with E-state index in [-0.39, 0.29) is 30.7 Å². The van der Waals surface area contributed by atoms with Gasteiger partial charge >= 0.3 is 0 Å². The van der Waals surface area contributed by atoms with Gasteiger partial charge in [0.15, 0.2) is 11.3 Å². The van der Waals surface area contributed by atoms with Crippen LogP contribution < -0.4 is 5.32 Å². The fourth-order valence-corrected chi connectivity index (χ4v) is 6.64. The molecule has 0 saturated heterocycles. The topological polar surface area (TPSA) is 110 Å². The van der Waals surface area contributed by atoms with Gasteiger partial charge in [-0.05, 0) is 56.3 Å². The van der Waals surface area contributed by atoms with Crippen molar-refractivity contribution in [2.75, 3.05) is 27.7 Å². The second kappa shape index (κ2) is 16.4. The number of ketones is 1. The van der Waals surface area contributed by atoms with Crippen LogP contribution >= 0.6 is 0 Å². The molecule has 2 aromatic rings. The molecule has 0 aromatic heterocycles. The molecule has 8 heteroatoms. The van der Waals surface area contributed by atoms with E-state index in [0.717, 1.165) is 11.1 Å². The number of nitrogens with one attached hydrogen (secondary N) is 1. The summed E-state index contributed by atoms with van der Waals surface area (Å²) in [7, 11) is 4.96. The average Bonchev–Trinajstić information content (AvgIpc) is 2.94. The third kappa shape index (κ3) is 8.84. The number of rotatable bonds is 18. The summed E-state index contributed by atoms with van der Waals surface area (Å²) in [6.07, 6.45) is 1.17. The number of hydrogen-bond acceptors (Lipinski definition) is 7. The number of aliphatic hydroxyl groups excluding tert-OH is 2. The van der Waals surface area contributed by atoms with Gasteiger partial charge in [-0.1, -0.05) is 102 Å². The van der Waals surface area contributed by atoms with E-state index in [1.54, 1.807) is 39.9 Å². The van der Waals surface area contributed by atoms with Gasteiger partial charge in [-0.2, -0.15) is 0 Å². The smallest absolute Gasteiger partial charge is 0.240 e. The first-order valence-electron chi connectivity index (χ1n) is 15.7. The molecule has 2 rings (SSSR count). The second-order valence-electron chi connectivity index (χ2n) is 13.5. The van der Waals surface area contributed by atoms with Crippen LogP contribution in [0.3, 0.4) is 0 Å². The molecule has 1 amide bonds. The first-order valence-corrected chi connectivity index (χ1v) is 15.7. The van der Waals surface area contributed by atoms with Crippen molar-refractivity contribution < 1.29 is 24.6 Å². The summed E-state index contributed by atoms with van der Waals surface area (Å²) in [4.78, 5) is 45.0. The molecule has 2 aromatic carbocycles. The van der Waals surface area contributed by atoms with Crippen molar-refractivity contribution in [2.45, 2.75) is 90.6 Å². The summed E-state index contributed by atoms with van der Waals surface area (Å²) < 4.78 is 0. The molecule has 0 saturated carbocycles. The van der Waals surface area contributed by atoms with Crippen molar-refractivity contribution in [3.63, 3.8) is 0 Å². The maximum atomic E-state index is 15.0. The van der Waals surface area contributed by atoms with E-state index >= 15 is 0 Å². The van der Waals surface area contributed by atoms with Crippen LogP contribution in [-0.4, -0.2) is 95.5 Å². The minimum atomic E-state index is -1.89. The van der Waals surface area contributed by atoms with Gasteiger partial charge in [0.2, 0.25) is 12.2 Å². The summed E-state index contributed by atoms with van der Waals surface area (Å²) in [6.45, 7) is 11.1. The molecule has 0 aliphatic heterocycles. The number of carbonyl (C=O) groups excluding carboxylic acids is 3. The molecule has 0 aliphatic carbocycles. The van der Waals surface area contributed by atoms with Crippen LogP contribution in [-0.2, 0) is 27.2 Å². The van der Waals surface area contributed by atoms with E-state index in [0.29, 0.717) is 12.8 Å². The molecule has 0 spiro atoms. The van der Waals surface area contributed by atoms with Crippen molar-refractivity contribution in [1.82, 2.24) is 15.1 Å². The zero-order valence-corrected chi connectivity index (χ0v) is 28.1. The lowest BCUT2D eigenvalue weighted by atomic mass is 9.63. The number of β-amino-alcohol motifs (C(OH)–C–C–N with tert-alkyl or cyclic N) is 1. The first kappa shape index (κ1) is 37.3. The quantitative estimate of drug-likeness (QED) is 0.222. The van der Waals surface area contributed by atoms with Gasteiger partial charge in [-0.15, -0.1) is 0 Å². The minimum absolute atomic E-state index is 0.00168. The van der Waals surface area contributed by atoms with Crippen LogP contribution in [0.15, 0.2) is 60.7 Å². The number of carbonyl (C=O) groups is 2. The highest BCUT2D eigenvalue weighted by Crippen LogP contribution is 2.42. The normalized spacial score (nSPS) is 16.3. The van der Waals surface area contributed by atoms with E-state index in [2.05, 4.69) is 11.6 Å². The summed E-state index contributed by atoms with van der Waals surface area (Å²) in [5, 5.41) is 25.5. The Morgan fingerprint density at radius 2 is 1.32 bits per heavy atom. The summed E-state index contributed by atoms with van der Waals surface area (Å²) >= 11 is 0. The Hall–Kier alpha value is -2.91. The van der Waals surface area contributed by atoms with Crippen LogP contribution in [0.4, 0.5) is 0 Å². The Labute approximate surface area is 264 Å². The summed E-state index contributed by atoms with van der Waals surface area (Å²) in [5.74, 6) is -1.09. The second-order valence-corrected chi connectivity index (χ2v) is 13.5. The fourth-order valence-electron chi connectivity index (χ4n) is 6.64. The third-order valence-electron chi connectivity index (χ3n) is 8.82. The van der Waals surface area contributed by atoms with Crippen molar-refractivity contribution in [3.8, 4) is 0 Å². The number of amides is 1. The SMILES string of the molecule is CN[C@H](C(=O)N(C)[C@H](C(=O)[C@]([C]=O)(N(C)CC(O)Cc1ccccc1)C(C)(C)CC(O)Cc1ccccc1)C(C)C)C(C)C. The highest BCUT2D eigenvalue weighted by Gasteiger charge is 2.58. The zero-order valence-electron chi connectivity index (χ0n) is 28.1. The Morgan fingerprint density at radius 3 is 1.73 bits per heavy atom. The molecule has 8 nitrogen and oxygen atoms in total. The molecule has 1 radical (unpaired) electrons. The van der Waals surface area contributed by atoms with Crippen molar-refractivity contribution in [2.24, 2.45) is 17.3 Å². The molecule has 0 bridgehead atoms. The van der Waals surface area contributed by atoms with Gasteiger partial charge in [0.25, 0.3) is 0 Å². The molecule has 0 aliphatic rings. The average molecular weight is 609 g/mol. The summed E-state index contributed by atoms with van der Waals surface area (Å²) in [6, 6.07) is 17.6. The highest BCUT2D eigenvalue weighted by molar-refractivity contribution is 6.08. The van der Waals surface area contributed by atoms with Gasteiger partial charge in [0.1, 0.15) is 0 Å². The number of benzene rings is 2. The number of Topliss-reactive ketones (excluding diaryl/α,β-unsaturated/α-hetero) is 1. The van der Waals surface area contributed by atoms with Crippen molar-refractivity contribution in [3.05, 3.63) is 71.8 Å². The Balaban J connectivity index is 2.58. The molecular formula is C36H54N3O5. The minimum Gasteiger partial charge on any atom is -0.393 e. The lowest BCUT2D eigenvalue weighted by molar-refractivity contribution is -0.150. The Morgan fingerprint density at radius 1 is 0.841 bits per heavy atom. The van der Waals surface area contributed by atoms with Gasteiger partial charge in [0, 0.05) is 19.0 Å². The Bertz CT molecular complexity index is 1190. The van der Waals surface area contributed by atoms with E-state index in [9.17, 15) is 24.6 Å². The van der Waals surface area contributed by atoms with Gasteiger partial charge in [0.05, 0.1) is 24.3 Å². The third-order valence-corrected chi connectivity index (χ3v) is 8.82. The fraction of sp³-hybridized carbons (Fsp3) is 0.583. The van der Waals surface area contributed by atoms with Gasteiger partial charge < -0.3 is 20.4 Å². The maximum Gasteiger partial charge on any atom is 0.240 e. The molecule has 2 unspecified atom stereocenters. The van der Waals surface area contributed by atoms with Crippen LogP contribution in [0.25, 0.3) is 0 Å². The van der Waals surface area contributed by atoms with Gasteiger partial charge in [-0.3, -0.25) is 19.3 Å². The Kier molecular flexibility index (Phi) is 13.9. The highest BCUT2D eigenvalue weighted by atomic mass is 16.3. The number of aliphatic hydroxyl groups is 2. The van der Waals surface area contributed by atoms with Gasteiger partial charge in [-0.25, -0.2) is 0 Å². The van der Waals surface area contributed by atoms with Crippen molar-refractivity contribution >= 4 is 18.0 Å². The maximum absolute atomic E-state index is 15.0. The first-order chi connectivity index (χ1) is 20.6. The van der Waals surface area contributed by atoms with Crippen molar-refractivity contribution in [1.29, 1.82) is 0 Å². The van der Waals surface area contributed by atoms with Crippen LogP contribution in [0.5, 0.6) is 0 Å². The van der Waals surface area contributed by atoms with Crippen LogP contribution in [0, 0.1) is 17.3 Å². The van der Waals surface area contributed by atoms with Crippen LogP contribution in [0.1, 0.15) is 59.1 Å². The molecule has 243 valence electrons. The molecule has 3 N–H and O–H groups in total. The number of hydrogen-bond donors (Lipinski definition) is 3. The summed E-state index contributed by atoms with van der Waals surface area (Å²) in [5.41, 5.74) is -1.17.